The second-order valence-corrected chi connectivity index (χ2v) is 6.33. The summed E-state index contributed by atoms with van der Waals surface area (Å²) >= 11 is 0. The number of hydrogen-bond acceptors (Lipinski definition) is 3. The normalized spacial score (nSPS) is 17.7. The van der Waals surface area contributed by atoms with Crippen molar-refractivity contribution in [1.82, 2.24) is 10.6 Å². The fourth-order valence-electron chi connectivity index (χ4n) is 2.78. The number of aliphatic imine (C=N–C) groups is 1. The van der Waals surface area contributed by atoms with E-state index in [0.717, 1.165) is 42.5 Å². The van der Waals surface area contributed by atoms with Gasteiger partial charge in [0.05, 0.1) is 18.2 Å². The molecule has 2 aromatic rings. The maximum atomic E-state index is 10.2. The third-order valence-corrected chi connectivity index (χ3v) is 4.38. The monoisotopic (exact) mass is 443 g/mol. The molecule has 132 valence electrons. The number of aliphatic hydroxyl groups is 1. The Morgan fingerprint density at radius 3 is 2.75 bits per heavy atom. The predicted molar refractivity (Wildman–Crippen MR) is 108 cm³/mol. The Hall–Kier alpha value is -1.28. The molecule has 24 heavy (non-hydrogen) atoms. The molecule has 1 saturated carbocycles. The summed E-state index contributed by atoms with van der Waals surface area (Å²) in [5, 5.41) is 17.9. The summed E-state index contributed by atoms with van der Waals surface area (Å²) in [5.41, 5.74) is 0.284. The lowest BCUT2D eigenvalue weighted by atomic mass is 9.80. The Kier molecular flexibility index (Phi) is 6.51. The molecule has 3 N–H and O–H groups in total. The maximum absolute atomic E-state index is 10.2. The number of nitrogens with one attached hydrogen (secondary N) is 2. The van der Waals surface area contributed by atoms with Crippen LogP contribution in [0.1, 0.15) is 44.9 Å². The number of hydrogen-bond donors (Lipinski definition) is 3. The number of rotatable bonds is 5. The zero-order valence-corrected chi connectivity index (χ0v) is 16.5. The molecule has 1 heterocycles. The van der Waals surface area contributed by atoms with E-state index in [9.17, 15) is 5.11 Å². The minimum Gasteiger partial charge on any atom is -0.459 e. The first-order valence-electron chi connectivity index (χ1n) is 8.35. The van der Waals surface area contributed by atoms with Crippen molar-refractivity contribution in [1.29, 1.82) is 0 Å². The number of nitrogens with zero attached hydrogens (tertiary/aromatic N) is 1. The van der Waals surface area contributed by atoms with Crippen LogP contribution >= 0.6 is 24.0 Å². The average Bonchev–Trinajstić information content (AvgIpc) is 2.95. The summed E-state index contributed by atoms with van der Waals surface area (Å²) in [6.45, 7) is 5.29. The molecule has 0 aliphatic heterocycles. The minimum absolute atomic E-state index is 0. The first-order valence-corrected chi connectivity index (χ1v) is 8.35. The summed E-state index contributed by atoms with van der Waals surface area (Å²) < 4.78 is 5.89. The van der Waals surface area contributed by atoms with E-state index in [1.165, 1.54) is 0 Å². The van der Waals surface area contributed by atoms with Gasteiger partial charge in [-0.25, -0.2) is 0 Å². The summed E-state index contributed by atoms with van der Waals surface area (Å²) in [6, 6.07) is 10.0. The van der Waals surface area contributed by atoms with Gasteiger partial charge >= 0.3 is 0 Å². The van der Waals surface area contributed by atoms with Gasteiger partial charge in [0.25, 0.3) is 0 Å². The third kappa shape index (κ3) is 4.42. The van der Waals surface area contributed by atoms with Gasteiger partial charge in [-0.1, -0.05) is 18.2 Å². The van der Waals surface area contributed by atoms with Crippen molar-refractivity contribution in [2.75, 3.05) is 13.1 Å². The number of halogens is 1. The first-order chi connectivity index (χ1) is 11.1. The van der Waals surface area contributed by atoms with Crippen molar-refractivity contribution in [2.24, 2.45) is 4.99 Å². The molecule has 1 unspecified atom stereocenters. The van der Waals surface area contributed by atoms with Gasteiger partial charge in [0.2, 0.25) is 0 Å². The number of guanidine groups is 1. The highest BCUT2D eigenvalue weighted by Gasteiger charge is 2.34. The standard InChI is InChI=1S/C18H25N3O2.HI/c1-3-19-17(20-12-18(22)9-6-10-18)21-13(2)16-11-14-7-4-5-8-15(14)23-16;/h4-5,7-8,11,13,22H,3,6,9-10,12H2,1-2H3,(H2,19,20,21);1H. The largest absolute Gasteiger partial charge is 0.459 e. The molecule has 1 aliphatic rings. The van der Waals surface area contributed by atoms with Gasteiger partial charge in [-0.2, -0.15) is 0 Å². The van der Waals surface area contributed by atoms with Crippen LogP contribution < -0.4 is 10.6 Å². The molecular formula is C18H26IN3O2. The zero-order chi connectivity index (χ0) is 16.3. The summed E-state index contributed by atoms with van der Waals surface area (Å²) in [5.74, 6) is 1.58. The van der Waals surface area contributed by atoms with Crippen LogP contribution in [0.4, 0.5) is 0 Å². The van der Waals surface area contributed by atoms with Crippen LogP contribution in [0.25, 0.3) is 11.0 Å². The molecule has 0 spiro atoms. The highest BCUT2D eigenvalue weighted by atomic mass is 127. The molecule has 0 amide bonds. The van der Waals surface area contributed by atoms with E-state index in [4.69, 9.17) is 4.42 Å². The Morgan fingerprint density at radius 2 is 2.12 bits per heavy atom. The van der Waals surface area contributed by atoms with Gasteiger partial charge < -0.3 is 20.2 Å². The van der Waals surface area contributed by atoms with E-state index in [1.807, 2.05) is 38.1 Å². The molecule has 0 saturated heterocycles. The van der Waals surface area contributed by atoms with Crippen LogP contribution in [0.2, 0.25) is 0 Å². The lowest BCUT2D eigenvalue weighted by Gasteiger charge is -2.35. The van der Waals surface area contributed by atoms with Gasteiger partial charge in [-0.15, -0.1) is 24.0 Å². The average molecular weight is 443 g/mol. The topological polar surface area (TPSA) is 69.8 Å². The van der Waals surface area contributed by atoms with Crippen molar-refractivity contribution in [2.45, 2.75) is 44.8 Å². The first kappa shape index (κ1) is 19.1. The van der Waals surface area contributed by atoms with Crippen molar-refractivity contribution in [3.05, 3.63) is 36.1 Å². The number of fused-ring (bicyclic) bond motifs is 1. The predicted octanol–water partition coefficient (Wildman–Crippen LogP) is 3.58. The van der Waals surface area contributed by atoms with Crippen LogP contribution in [0.3, 0.4) is 0 Å². The smallest absolute Gasteiger partial charge is 0.191 e. The summed E-state index contributed by atoms with van der Waals surface area (Å²) in [4.78, 5) is 4.53. The Labute approximate surface area is 159 Å². The van der Waals surface area contributed by atoms with E-state index in [1.54, 1.807) is 0 Å². The van der Waals surface area contributed by atoms with Crippen molar-refractivity contribution in [3.63, 3.8) is 0 Å². The molecule has 1 aromatic heterocycles. The fourth-order valence-corrected chi connectivity index (χ4v) is 2.78. The number of furan rings is 1. The van der Waals surface area contributed by atoms with E-state index in [2.05, 4.69) is 21.7 Å². The van der Waals surface area contributed by atoms with Gasteiger partial charge in [0, 0.05) is 11.9 Å². The molecule has 1 aliphatic carbocycles. The van der Waals surface area contributed by atoms with Crippen molar-refractivity contribution < 1.29 is 9.52 Å². The van der Waals surface area contributed by atoms with E-state index >= 15 is 0 Å². The Balaban J connectivity index is 0.00000208. The molecule has 1 aromatic carbocycles. The van der Waals surface area contributed by atoms with Crippen LogP contribution in [0.5, 0.6) is 0 Å². The van der Waals surface area contributed by atoms with Gasteiger partial charge in [-0.3, -0.25) is 4.99 Å². The van der Waals surface area contributed by atoms with Crippen molar-refractivity contribution >= 4 is 40.9 Å². The summed E-state index contributed by atoms with van der Waals surface area (Å²) in [7, 11) is 0. The van der Waals surface area contributed by atoms with E-state index in [-0.39, 0.29) is 30.0 Å². The van der Waals surface area contributed by atoms with Gasteiger partial charge in [0.1, 0.15) is 11.3 Å². The number of para-hydroxylation sites is 1. The molecule has 0 radical (unpaired) electrons. The van der Waals surface area contributed by atoms with E-state index in [0.29, 0.717) is 12.5 Å². The molecular weight excluding hydrogens is 417 g/mol. The lowest BCUT2D eigenvalue weighted by molar-refractivity contribution is -0.0236. The van der Waals surface area contributed by atoms with Crippen LogP contribution in [-0.4, -0.2) is 29.8 Å². The highest BCUT2D eigenvalue weighted by Crippen LogP contribution is 2.31. The van der Waals surface area contributed by atoms with Gasteiger partial charge in [0.15, 0.2) is 5.96 Å². The Morgan fingerprint density at radius 1 is 1.38 bits per heavy atom. The van der Waals surface area contributed by atoms with Gasteiger partial charge in [-0.05, 0) is 45.2 Å². The third-order valence-electron chi connectivity index (χ3n) is 4.38. The molecule has 5 nitrogen and oxygen atoms in total. The van der Waals surface area contributed by atoms with E-state index < -0.39 is 5.60 Å². The fraction of sp³-hybridized carbons (Fsp3) is 0.500. The summed E-state index contributed by atoms with van der Waals surface area (Å²) in [6.07, 6.45) is 2.77. The molecule has 0 bridgehead atoms. The minimum atomic E-state index is -0.606. The number of benzene rings is 1. The van der Waals surface area contributed by atoms with Crippen LogP contribution in [-0.2, 0) is 0 Å². The SMILES string of the molecule is CCNC(=NCC1(O)CCC1)NC(C)c1cc2ccccc2o1.I. The quantitative estimate of drug-likeness (QED) is 0.376. The molecule has 3 rings (SSSR count). The van der Waals surface area contributed by atoms with Crippen molar-refractivity contribution in [3.8, 4) is 0 Å². The zero-order valence-electron chi connectivity index (χ0n) is 14.2. The van der Waals surface area contributed by atoms with Crippen LogP contribution in [0.15, 0.2) is 39.7 Å². The highest BCUT2D eigenvalue weighted by molar-refractivity contribution is 14.0. The maximum Gasteiger partial charge on any atom is 0.191 e. The second kappa shape index (κ2) is 8.20. The Bertz CT molecular complexity index is 661. The second-order valence-electron chi connectivity index (χ2n) is 6.33. The molecule has 1 atom stereocenters. The van der Waals surface area contributed by atoms with Crippen LogP contribution in [0, 0.1) is 0 Å². The lowest BCUT2D eigenvalue weighted by Crippen LogP contribution is -2.43. The molecule has 6 heteroatoms. The molecule has 1 fully saturated rings.